The van der Waals surface area contributed by atoms with Gasteiger partial charge in [-0.15, -0.1) is 0 Å². The summed E-state index contributed by atoms with van der Waals surface area (Å²) in [5, 5.41) is 20.3. The molecule has 0 amide bonds. The Morgan fingerprint density at radius 2 is 2.04 bits per heavy atom. The first kappa shape index (κ1) is 18.6. The maximum atomic E-state index is 12.8. The molecule has 0 aromatic carbocycles. The second-order valence-corrected chi connectivity index (χ2v) is 5.80. The molecule has 7 nitrogen and oxygen atoms in total. The number of alkyl halides is 1. The van der Waals surface area contributed by atoms with Crippen molar-refractivity contribution in [2.45, 2.75) is 58.2 Å². The summed E-state index contributed by atoms with van der Waals surface area (Å²) >= 11 is 0. The quantitative estimate of drug-likeness (QED) is 0.674. The zero-order chi connectivity index (χ0) is 17.9. The molecular weight excluding hydrogens is 315 g/mol. The van der Waals surface area contributed by atoms with E-state index in [1.807, 2.05) is 20.0 Å². The first-order valence-electron chi connectivity index (χ1n) is 8.11. The smallest absolute Gasteiger partial charge is 0.147 e. The highest BCUT2D eigenvalue weighted by molar-refractivity contribution is 5.89. The summed E-state index contributed by atoms with van der Waals surface area (Å²) in [4.78, 5) is 8.32. The van der Waals surface area contributed by atoms with Crippen molar-refractivity contribution < 1.29 is 19.3 Å². The van der Waals surface area contributed by atoms with E-state index in [2.05, 4.69) is 9.97 Å². The number of nitrogens with zero attached hydrogens (tertiary/aromatic N) is 3. The zero-order valence-corrected chi connectivity index (χ0v) is 14.2. The van der Waals surface area contributed by atoms with Gasteiger partial charge >= 0.3 is 0 Å². The number of halogens is 1. The van der Waals surface area contributed by atoms with Crippen LogP contribution in [-0.2, 0) is 11.2 Å². The lowest BCUT2D eigenvalue weighted by atomic mass is 10.1. The minimum absolute atomic E-state index is 0.390. The number of aromatic nitrogens is 3. The van der Waals surface area contributed by atoms with Crippen molar-refractivity contribution >= 4 is 16.9 Å². The van der Waals surface area contributed by atoms with E-state index in [1.165, 1.54) is 13.3 Å². The van der Waals surface area contributed by atoms with Crippen LogP contribution in [0.2, 0.25) is 0 Å². The van der Waals surface area contributed by atoms with Crippen LogP contribution in [0.15, 0.2) is 12.5 Å². The Morgan fingerprint density at radius 3 is 2.58 bits per heavy atom. The molecule has 2 aromatic heterocycles. The summed E-state index contributed by atoms with van der Waals surface area (Å²) in [6.45, 7) is 4.36. The van der Waals surface area contributed by atoms with Gasteiger partial charge in [0.2, 0.25) is 0 Å². The van der Waals surface area contributed by atoms with Gasteiger partial charge in [0, 0.05) is 6.20 Å². The van der Waals surface area contributed by atoms with Gasteiger partial charge in [-0.2, -0.15) is 0 Å². The van der Waals surface area contributed by atoms with Gasteiger partial charge in [-0.05, 0) is 25.3 Å². The highest BCUT2D eigenvalue weighted by atomic mass is 19.1. The lowest BCUT2D eigenvalue weighted by Gasteiger charge is -2.29. The van der Waals surface area contributed by atoms with Crippen molar-refractivity contribution in [2.24, 2.45) is 0 Å². The summed E-state index contributed by atoms with van der Waals surface area (Å²) in [6, 6.07) is 0. The van der Waals surface area contributed by atoms with Crippen molar-refractivity contribution in [1.82, 2.24) is 14.5 Å². The molecule has 0 saturated carbocycles. The molecule has 134 valence electrons. The predicted octanol–water partition coefficient (Wildman–Crippen LogP) is 1.58. The third-order valence-corrected chi connectivity index (χ3v) is 4.08. The molecule has 0 spiro atoms. The Hall–Kier alpha value is -1.77. The molecule has 0 radical (unpaired) electrons. The second kappa shape index (κ2) is 7.87. The average molecular weight is 340 g/mol. The lowest BCUT2D eigenvalue weighted by molar-refractivity contribution is -0.149. The van der Waals surface area contributed by atoms with Crippen LogP contribution in [0.25, 0.3) is 11.0 Å². The van der Waals surface area contributed by atoms with Gasteiger partial charge in [0.05, 0.1) is 11.5 Å². The summed E-state index contributed by atoms with van der Waals surface area (Å²) in [5.41, 5.74) is 7.56. The zero-order valence-electron chi connectivity index (χ0n) is 14.2. The molecule has 0 aliphatic rings. The maximum absolute atomic E-state index is 12.8. The highest BCUT2D eigenvalue weighted by Crippen LogP contribution is 2.30. The van der Waals surface area contributed by atoms with Crippen molar-refractivity contribution in [1.29, 1.82) is 0 Å². The van der Waals surface area contributed by atoms with Crippen molar-refractivity contribution in [3.8, 4) is 0 Å². The summed E-state index contributed by atoms with van der Waals surface area (Å²) < 4.78 is 20.5. The van der Waals surface area contributed by atoms with Gasteiger partial charge in [0.25, 0.3) is 0 Å². The SMILES string of the molecule is CCc1cn(C(CC)OC(C(C)O)C(O)CF)c2ncnc(N)c12. The van der Waals surface area contributed by atoms with Gasteiger partial charge in [-0.25, -0.2) is 14.4 Å². The van der Waals surface area contributed by atoms with E-state index in [1.54, 1.807) is 4.57 Å². The first-order chi connectivity index (χ1) is 11.4. The van der Waals surface area contributed by atoms with E-state index in [4.69, 9.17) is 10.5 Å². The molecule has 4 unspecified atom stereocenters. The highest BCUT2D eigenvalue weighted by Gasteiger charge is 2.29. The topological polar surface area (TPSA) is 106 Å². The summed E-state index contributed by atoms with van der Waals surface area (Å²) in [6.07, 6.45) is 0.560. The molecule has 0 aliphatic carbocycles. The fourth-order valence-electron chi connectivity index (χ4n) is 2.83. The van der Waals surface area contributed by atoms with Crippen LogP contribution in [-0.4, -0.2) is 49.7 Å². The molecule has 2 rings (SSSR count). The molecular formula is C16H25FN4O3. The number of nitrogens with two attached hydrogens (primary N) is 1. The standard InChI is InChI=1S/C16H25FN4O3/c1-4-10-7-21(16-13(10)15(18)19-8-20-16)12(5-2)24-14(9(3)22)11(23)6-17/h7-9,11-12,14,22-23H,4-6H2,1-3H3,(H2,18,19,20). The molecule has 2 heterocycles. The molecule has 8 heteroatoms. The number of fused-ring (bicyclic) bond motifs is 1. The summed E-state index contributed by atoms with van der Waals surface area (Å²) in [7, 11) is 0. The maximum Gasteiger partial charge on any atom is 0.147 e. The largest absolute Gasteiger partial charge is 0.391 e. The van der Waals surface area contributed by atoms with Crippen LogP contribution < -0.4 is 5.73 Å². The Balaban J connectivity index is 2.44. The first-order valence-corrected chi connectivity index (χ1v) is 8.11. The van der Waals surface area contributed by atoms with Crippen LogP contribution in [0.1, 0.15) is 39.0 Å². The van der Waals surface area contributed by atoms with Gasteiger partial charge in [0.15, 0.2) is 0 Å². The number of nitrogen functional groups attached to an aromatic ring is 1. The minimum Gasteiger partial charge on any atom is -0.391 e. The van der Waals surface area contributed by atoms with Gasteiger partial charge < -0.3 is 25.3 Å². The number of anilines is 1. The molecule has 24 heavy (non-hydrogen) atoms. The Bertz CT molecular complexity index is 677. The lowest BCUT2D eigenvalue weighted by Crippen LogP contribution is -2.41. The Morgan fingerprint density at radius 1 is 1.33 bits per heavy atom. The molecule has 0 fully saturated rings. The number of aliphatic hydroxyl groups excluding tert-OH is 2. The van der Waals surface area contributed by atoms with E-state index >= 15 is 0 Å². The molecule has 0 aliphatic heterocycles. The van der Waals surface area contributed by atoms with E-state index < -0.39 is 31.2 Å². The van der Waals surface area contributed by atoms with Crippen molar-refractivity contribution in [2.75, 3.05) is 12.4 Å². The molecule has 0 saturated heterocycles. The fraction of sp³-hybridized carbons (Fsp3) is 0.625. The number of hydrogen-bond donors (Lipinski definition) is 3. The predicted molar refractivity (Wildman–Crippen MR) is 89.2 cm³/mol. The number of ether oxygens (including phenoxy) is 1. The molecule has 4 atom stereocenters. The number of rotatable bonds is 8. The van der Waals surface area contributed by atoms with Crippen molar-refractivity contribution in [3.63, 3.8) is 0 Å². The van der Waals surface area contributed by atoms with Gasteiger partial charge in [0.1, 0.15) is 42.9 Å². The normalized spacial score (nSPS) is 16.9. The van der Waals surface area contributed by atoms with Crippen LogP contribution >= 0.6 is 0 Å². The van der Waals surface area contributed by atoms with E-state index in [-0.39, 0.29) is 0 Å². The van der Waals surface area contributed by atoms with Crippen LogP contribution in [0.3, 0.4) is 0 Å². The Labute approximate surface area is 140 Å². The van der Waals surface area contributed by atoms with Gasteiger partial charge in [-0.3, -0.25) is 0 Å². The monoisotopic (exact) mass is 340 g/mol. The molecule has 4 N–H and O–H groups in total. The third-order valence-electron chi connectivity index (χ3n) is 4.08. The summed E-state index contributed by atoms with van der Waals surface area (Å²) in [5.74, 6) is 0.390. The van der Waals surface area contributed by atoms with Crippen LogP contribution in [0.5, 0.6) is 0 Å². The van der Waals surface area contributed by atoms with E-state index in [0.717, 1.165) is 17.4 Å². The molecule has 2 aromatic rings. The van der Waals surface area contributed by atoms with Gasteiger partial charge in [-0.1, -0.05) is 13.8 Å². The number of hydrogen-bond acceptors (Lipinski definition) is 6. The number of aryl methyl sites for hydroxylation is 1. The second-order valence-electron chi connectivity index (χ2n) is 5.80. The van der Waals surface area contributed by atoms with Crippen molar-refractivity contribution in [3.05, 3.63) is 18.1 Å². The van der Waals surface area contributed by atoms with E-state index in [9.17, 15) is 14.6 Å². The van der Waals surface area contributed by atoms with Crippen LogP contribution in [0, 0.1) is 0 Å². The third kappa shape index (κ3) is 3.50. The Kier molecular flexibility index (Phi) is 6.09. The van der Waals surface area contributed by atoms with E-state index in [0.29, 0.717) is 17.9 Å². The fourth-order valence-corrected chi connectivity index (χ4v) is 2.83. The number of aliphatic hydroxyl groups is 2. The van der Waals surface area contributed by atoms with Crippen LogP contribution in [0.4, 0.5) is 10.2 Å². The average Bonchev–Trinajstić information content (AvgIpc) is 2.95. The minimum atomic E-state index is -1.40. The molecule has 0 bridgehead atoms.